The topological polar surface area (TPSA) is 66.5 Å². The van der Waals surface area contributed by atoms with E-state index in [0.717, 1.165) is 10.1 Å². The second-order valence-electron chi connectivity index (χ2n) is 6.07. The van der Waals surface area contributed by atoms with Gasteiger partial charge in [0.2, 0.25) is 5.91 Å². The summed E-state index contributed by atoms with van der Waals surface area (Å²) in [5, 5.41) is 3.79. The molecule has 1 unspecified atom stereocenters. The van der Waals surface area contributed by atoms with Gasteiger partial charge in [-0.3, -0.25) is 4.79 Å². The van der Waals surface area contributed by atoms with Crippen molar-refractivity contribution in [1.82, 2.24) is 9.62 Å². The Balaban J connectivity index is 1.92. The molecule has 0 spiro atoms. The van der Waals surface area contributed by atoms with Crippen molar-refractivity contribution in [3.8, 4) is 0 Å². The van der Waals surface area contributed by atoms with Gasteiger partial charge in [-0.25, -0.2) is 8.42 Å². The number of fused-ring (bicyclic) bond motifs is 1. The average Bonchev–Trinajstić information content (AvgIpc) is 3.10. The summed E-state index contributed by atoms with van der Waals surface area (Å²) in [7, 11) is -3.57. The Morgan fingerprint density at radius 1 is 1.35 bits per heavy atom. The highest BCUT2D eigenvalue weighted by molar-refractivity contribution is 7.91. The Hall–Kier alpha value is -1.44. The number of nitrogens with one attached hydrogen (secondary N) is 1. The van der Waals surface area contributed by atoms with Gasteiger partial charge in [0, 0.05) is 29.7 Å². The van der Waals surface area contributed by atoms with E-state index in [2.05, 4.69) is 5.32 Å². The number of carbonyl (C=O) groups is 1. The van der Waals surface area contributed by atoms with Crippen molar-refractivity contribution >= 4 is 37.4 Å². The third kappa shape index (κ3) is 3.27. The van der Waals surface area contributed by atoms with Gasteiger partial charge >= 0.3 is 0 Å². The van der Waals surface area contributed by atoms with Crippen molar-refractivity contribution in [2.75, 3.05) is 6.54 Å². The Labute approximate surface area is 140 Å². The van der Waals surface area contributed by atoms with Gasteiger partial charge in [0.1, 0.15) is 4.21 Å². The van der Waals surface area contributed by atoms with Crippen LogP contribution in [0.1, 0.15) is 26.7 Å². The van der Waals surface area contributed by atoms with E-state index >= 15 is 0 Å². The van der Waals surface area contributed by atoms with Gasteiger partial charge in [0.25, 0.3) is 10.0 Å². The van der Waals surface area contributed by atoms with Crippen LogP contribution in [0.3, 0.4) is 0 Å². The molecule has 0 bridgehead atoms. The first-order chi connectivity index (χ1) is 10.9. The van der Waals surface area contributed by atoms with Gasteiger partial charge < -0.3 is 5.32 Å². The molecule has 3 rings (SSSR count). The van der Waals surface area contributed by atoms with Crippen LogP contribution in [0.15, 0.2) is 34.5 Å². The molecule has 1 aromatic carbocycles. The first-order valence-electron chi connectivity index (χ1n) is 7.67. The summed E-state index contributed by atoms with van der Waals surface area (Å²) >= 11 is 1.29. The summed E-state index contributed by atoms with van der Waals surface area (Å²) in [4.78, 5) is 11.4. The minimum Gasteiger partial charge on any atom is -0.352 e. The summed E-state index contributed by atoms with van der Waals surface area (Å²) in [6.45, 7) is 4.04. The lowest BCUT2D eigenvalue weighted by Crippen LogP contribution is -2.45. The molecule has 1 aromatic heterocycles. The predicted octanol–water partition coefficient (Wildman–Crippen LogP) is 2.58. The summed E-state index contributed by atoms with van der Waals surface area (Å²) in [5.41, 5.74) is 0. The van der Waals surface area contributed by atoms with Crippen LogP contribution in [-0.2, 0) is 14.8 Å². The highest BCUT2D eigenvalue weighted by Crippen LogP contribution is 2.31. The number of carbonyl (C=O) groups excluding carboxylic acids is 1. The fourth-order valence-corrected chi connectivity index (χ4v) is 6.03. The maximum atomic E-state index is 13.0. The maximum absolute atomic E-state index is 13.0. The van der Waals surface area contributed by atoms with E-state index in [1.807, 2.05) is 38.1 Å². The summed E-state index contributed by atoms with van der Waals surface area (Å²) in [5.74, 6) is -0.00188. The summed E-state index contributed by atoms with van der Waals surface area (Å²) < 4.78 is 28.9. The molecule has 23 heavy (non-hydrogen) atoms. The smallest absolute Gasteiger partial charge is 0.252 e. The average molecular weight is 352 g/mol. The molecule has 1 amide bonds. The molecule has 5 nitrogen and oxygen atoms in total. The van der Waals surface area contributed by atoms with Crippen LogP contribution < -0.4 is 5.32 Å². The molecule has 7 heteroatoms. The fourth-order valence-electron chi connectivity index (χ4n) is 2.82. The third-order valence-corrected chi connectivity index (χ3v) is 7.63. The van der Waals surface area contributed by atoms with Crippen LogP contribution in [0.5, 0.6) is 0 Å². The predicted molar refractivity (Wildman–Crippen MR) is 92.0 cm³/mol. The van der Waals surface area contributed by atoms with Gasteiger partial charge in [-0.2, -0.15) is 4.31 Å². The van der Waals surface area contributed by atoms with E-state index in [9.17, 15) is 13.2 Å². The first kappa shape index (κ1) is 16.4. The second kappa shape index (κ2) is 6.22. The molecular formula is C16H20N2O3S2. The summed E-state index contributed by atoms with van der Waals surface area (Å²) in [6, 6.07) is 9.12. The highest BCUT2D eigenvalue weighted by atomic mass is 32.2. The lowest BCUT2D eigenvalue weighted by molar-refractivity contribution is -0.119. The number of thiophene rings is 1. The van der Waals surface area contributed by atoms with Crippen molar-refractivity contribution in [2.24, 2.45) is 0 Å². The molecule has 1 aliphatic heterocycles. The van der Waals surface area contributed by atoms with Crippen molar-refractivity contribution in [2.45, 2.75) is 43.0 Å². The maximum Gasteiger partial charge on any atom is 0.252 e. The van der Waals surface area contributed by atoms with Crippen LogP contribution in [0, 0.1) is 0 Å². The molecule has 2 heterocycles. The Kier molecular flexibility index (Phi) is 4.44. The normalized spacial score (nSPS) is 19.0. The molecule has 124 valence electrons. The SMILES string of the molecule is CC(C)N(CC1CCC(=O)N1)S(=O)(=O)c1cc2ccccc2s1. The van der Waals surface area contributed by atoms with Gasteiger partial charge in [0.05, 0.1) is 0 Å². The van der Waals surface area contributed by atoms with Crippen molar-refractivity contribution in [3.05, 3.63) is 30.3 Å². The molecule has 0 radical (unpaired) electrons. The second-order valence-corrected chi connectivity index (χ2v) is 9.28. The van der Waals surface area contributed by atoms with Crippen LogP contribution in [0.25, 0.3) is 10.1 Å². The standard InChI is InChI=1S/C16H20N2O3S2/c1-11(2)18(10-13-7-8-15(19)17-13)23(20,21)16-9-12-5-3-4-6-14(12)22-16/h3-6,9,11,13H,7-8,10H2,1-2H3,(H,17,19). The van der Waals surface area contributed by atoms with Crippen LogP contribution in [0.4, 0.5) is 0 Å². The van der Waals surface area contributed by atoms with E-state index < -0.39 is 10.0 Å². The molecule has 2 aromatic rings. The van der Waals surface area contributed by atoms with E-state index in [1.54, 1.807) is 6.07 Å². The van der Waals surface area contributed by atoms with E-state index in [1.165, 1.54) is 15.6 Å². The number of sulfonamides is 1. The molecule has 1 aliphatic rings. The molecule has 1 fully saturated rings. The Bertz CT molecular complexity index is 794. The Morgan fingerprint density at radius 2 is 2.09 bits per heavy atom. The molecule has 0 aliphatic carbocycles. The number of amides is 1. The zero-order chi connectivity index (χ0) is 16.6. The van der Waals surface area contributed by atoms with Gasteiger partial charge in [-0.15, -0.1) is 11.3 Å². The number of benzene rings is 1. The number of hydrogen-bond donors (Lipinski definition) is 1. The molecule has 1 atom stereocenters. The van der Waals surface area contributed by atoms with Crippen LogP contribution in [-0.4, -0.2) is 37.3 Å². The minimum absolute atomic E-state index is 0.00188. The van der Waals surface area contributed by atoms with Crippen LogP contribution in [0.2, 0.25) is 0 Å². The van der Waals surface area contributed by atoms with E-state index in [0.29, 0.717) is 23.6 Å². The van der Waals surface area contributed by atoms with Gasteiger partial charge in [0.15, 0.2) is 0 Å². The lowest BCUT2D eigenvalue weighted by Gasteiger charge is -2.27. The van der Waals surface area contributed by atoms with Gasteiger partial charge in [-0.1, -0.05) is 18.2 Å². The number of rotatable bonds is 5. The monoisotopic (exact) mass is 352 g/mol. The quantitative estimate of drug-likeness (QED) is 0.899. The number of nitrogens with zero attached hydrogens (tertiary/aromatic N) is 1. The summed E-state index contributed by atoms with van der Waals surface area (Å²) in [6.07, 6.45) is 1.16. The van der Waals surface area contributed by atoms with E-state index in [4.69, 9.17) is 0 Å². The third-order valence-electron chi connectivity index (χ3n) is 4.03. The van der Waals surface area contributed by atoms with E-state index in [-0.39, 0.29) is 18.0 Å². The first-order valence-corrected chi connectivity index (χ1v) is 9.93. The largest absolute Gasteiger partial charge is 0.352 e. The van der Waals surface area contributed by atoms with Crippen molar-refractivity contribution in [1.29, 1.82) is 0 Å². The van der Waals surface area contributed by atoms with Crippen molar-refractivity contribution < 1.29 is 13.2 Å². The molecule has 1 saturated heterocycles. The molecule has 1 N–H and O–H groups in total. The fraction of sp³-hybridized carbons (Fsp3) is 0.438. The zero-order valence-electron chi connectivity index (χ0n) is 13.2. The Morgan fingerprint density at radius 3 is 2.70 bits per heavy atom. The highest BCUT2D eigenvalue weighted by Gasteiger charge is 2.33. The van der Waals surface area contributed by atoms with Gasteiger partial charge in [-0.05, 0) is 37.8 Å². The lowest BCUT2D eigenvalue weighted by atomic mass is 10.2. The minimum atomic E-state index is -3.57. The number of hydrogen-bond acceptors (Lipinski definition) is 4. The van der Waals surface area contributed by atoms with Crippen molar-refractivity contribution in [3.63, 3.8) is 0 Å². The van der Waals surface area contributed by atoms with Crippen LogP contribution >= 0.6 is 11.3 Å². The zero-order valence-corrected chi connectivity index (χ0v) is 14.8. The molecular weight excluding hydrogens is 332 g/mol. The molecule has 0 saturated carbocycles.